The molecule has 0 spiro atoms. The van der Waals surface area contributed by atoms with E-state index < -0.39 is 12.1 Å². The molecule has 0 heterocycles. The van der Waals surface area contributed by atoms with Crippen molar-refractivity contribution in [2.24, 2.45) is 46.3 Å². The monoisotopic (exact) mass is 432 g/mol. The van der Waals surface area contributed by atoms with Crippen LogP contribution in [0.4, 0.5) is 0 Å². The van der Waals surface area contributed by atoms with E-state index in [9.17, 15) is 25.2 Å². The third-order valence-corrected chi connectivity index (χ3v) is 10.3. The first-order valence-corrected chi connectivity index (χ1v) is 11.8. The third kappa shape index (κ3) is 3.84. The molecule has 0 aromatic carbocycles. The van der Waals surface area contributed by atoms with E-state index in [1.807, 2.05) is 0 Å². The Morgan fingerprint density at radius 1 is 1.07 bits per heavy atom. The van der Waals surface area contributed by atoms with Gasteiger partial charge in [-0.25, -0.2) is 0 Å². The van der Waals surface area contributed by atoms with Crippen molar-refractivity contribution in [1.82, 2.24) is 0 Å². The fourth-order valence-electron chi connectivity index (χ4n) is 8.68. The van der Waals surface area contributed by atoms with Crippen LogP contribution >= 0.6 is 0 Å². The van der Waals surface area contributed by atoms with Gasteiger partial charge in [-0.2, -0.15) is 0 Å². The molecule has 4 saturated carbocycles. The van der Waals surface area contributed by atoms with Gasteiger partial charge in [-0.3, -0.25) is 0 Å². The molecule has 11 atom stereocenters. The maximum absolute atomic E-state index is 11.5. The van der Waals surface area contributed by atoms with Crippen molar-refractivity contribution >= 4 is 5.97 Å². The normalized spacial score (nSPS) is 51.1. The second kappa shape index (κ2) is 8.95. The number of hydrogen-bond acceptors (Lipinski definition) is 5. The zero-order valence-electron chi connectivity index (χ0n) is 19.2. The number of rotatable bonds is 4. The van der Waals surface area contributed by atoms with Crippen LogP contribution in [0.1, 0.15) is 78.6 Å². The molecule has 30 heavy (non-hydrogen) atoms. The summed E-state index contributed by atoms with van der Waals surface area (Å²) in [6, 6.07) is 0. The molecule has 0 aliphatic heterocycles. The Bertz CT molecular complexity index is 643. The summed E-state index contributed by atoms with van der Waals surface area (Å²) in [6.45, 7) is 6.67. The van der Waals surface area contributed by atoms with Gasteiger partial charge in [0.25, 0.3) is 0 Å². The Morgan fingerprint density at radius 3 is 2.43 bits per heavy atom. The number of aliphatic hydroxyl groups is 3. The SMILES string of the molecule is C[C@H](CC[14C](=O)[O-])[C@H]1CC[C@H]2[C@@H]3[C@H](O)C[C@@H]4C[C@H](O)CC[C@]4(C)[C@H]3C[C@H](O)[C@]12C.[Na+]. The minimum atomic E-state index is -0.998. The van der Waals surface area contributed by atoms with E-state index in [-0.39, 0.29) is 82.7 Å². The average Bonchev–Trinajstić information content (AvgIpc) is 3.01. The molecular weight excluding hydrogens is 393 g/mol. The Kier molecular flexibility index (Phi) is 7.45. The molecular formula is C24H39NaO5. The maximum atomic E-state index is 11.5. The van der Waals surface area contributed by atoms with Crippen molar-refractivity contribution in [3.05, 3.63) is 0 Å². The molecule has 6 heteroatoms. The Balaban J connectivity index is 0.00000256. The van der Waals surface area contributed by atoms with Crippen LogP contribution in [0.5, 0.6) is 0 Å². The molecule has 0 aromatic heterocycles. The molecule has 0 unspecified atom stereocenters. The summed E-state index contributed by atoms with van der Waals surface area (Å²) in [6.07, 6.45) is 5.72. The van der Waals surface area contributed by atoms with Crippen molar-refractivity contribution in [3.8, 4) is 0 Å². The predicted molar refractivity (Wildman–Crippen MR) is 107 cm³/mol. The first-order chi connectivity index (χ1) is 13.6. The van der Waals surface area contributed by atoms with Crippen LogP contribution in [0.3, 0.4) is 0 Å². The van der Waals surface area contributed by atoms with Crippen LogP contribution in [0.25, 0.3) is 0 Å². The van der Waals surface area contributed by atoms with Crippen molar-refractivity contribution in [1.29, 1.82) is 0 Å². The Morgan fingerprint density at radius 2 is 1.77 bits per heavy atom. The fraction of sp³-hybridized carbons (Fsp3) is 0.958. The van der Waals surface area contributed by atoms with E-state index >= 15 is 0 Å². The minimum Gasteiger partial charge on any atom is -0.550 e. The predicted octanol–water partition coefficient (Wildman–Crippen LogP) is -0.882. The van der Waals surface area contributed by atoms with Gasteiger partial charge >= 0.3 is 29.6 Å². The molecule has 0 bridgehead atoms. The van der Waals surface area contributed by atoms with Crippen molar-refractivity contribution in [2.45, 2.75) is 96.9 Å². The van der Waals surface area contributed by atoms with Crippen LogP contribution in [0, 0.1) is 46.3 Å². The van der Waals surface area contributed by atoms with Gasteiger partial charge in [-0.15, -0.1) is 0 Å². The minimum absolute atomic E-state index is 0. The molecule has 0 radical (unpaired) electrons. The van der Waals surface area contributed by atoms with Crippen molar-refractivity contribution < 1.29 is 54.8 Å². The van der Waals surface area contributed by atoms with Crippen molar-refractivity contribution in [3.63, 3.8) is 0 Å². The van der Waals surface area contributed by atoms with Crippen LogP contribution in [0.15, 0.2) is 0 Å². The maximum Gasteiger partial charge on any atom is 1.00 e. The molecule has 4 aliphatic rings. The summed E-state index contributed by atoms with van der Waals surface area (Å²) >= 11 is 0. The molecule has 4 fully saturated rings. The second-order valence-electron chi connectivity index (χ2n) is 11.4. The van der Waals surface area contributed by atoms with Gasteiger partial charge in [-0.1, -0.05) is 20.8 Å². The Hall–Kier alpha value is 0.350. The first kappa shape index (κ1) is 25.0. The summed E-state index contributed by atoms with van der Waals surface area (Å²) < 4.78 is 0. The summed E-state index contributed by atoms with van der Waals surface area (Å²) in [5.74, 6) is 0.635. The van der Waals surface area contributed by atoms with Gasteiger partial charge < -0.3 is 25.2 Å². The molecule has 4 aliphatic carbocycles. The van der Waals surface area contributed by atoms with E-state index in [2.05, 4.69) is 20.8 Å². The number of carboxylic acids is 1. The van der Waals surface area contributed by atoms with Gasteiger partial charge in [0.15, 0.2) is 0 Å². The van der Waals surface area contributed by atoms with Crippen LogP contribution in [0.2, 0.25) is 0 Å². The molecule has 0 amide bonds. The third-order valence-electron chi connectivity index (χ3n) is 10.3. The molecule has 3 N–H and O–H groups in total. The summed E-state index contributed by atoms with van der Waals surface area (Å²) in [5, 5.41) is 43.9. The van der Waals surface area contributed by atoms with Gasteiger partial charge in [-0.05, 0) is 104 Å². The fourth-order valence-corrected chi connectivity index (χ4v) is 8.68. The van der Waals surface area contributed by atoms with Gasteiger partial charge in [0.1, 0.15) is 0 Å². The number of fused-ring (bicyclic) bond motifs is 5. The Labute approximate surface area is 203 Å². The number of carboxylic acid groups (broad SMARTS) is 1. The van der Waals surface area contributed by atoms with Crippen LogP contribution < -0.4 is 34.7 Å². The quantitative estimate of drug-likeness (QED) is 0.501. The van der Waals surface area contributed by atoms with Crippen LogP contribution in [-0.4, -0.2) is 39.6 Å². The second-order valence-corrected chi connectivity index (χ2v) is 11.4. The number of hydrogen-bond donors (Lipinski definition) is 3. The standard InChI is InChI=1S/C24H40O5.Na/c1-13(4-7-21(28)29)16-5-6-17-22-18(12-20(27)24(16,17)3)23(2)9-8-15(25)10-14(23)11-19(22)26;/h13-20,22,25-27H,4-12H2,1-3H3,(H,28,29);/q;+1/p-1/t13-,14+,15-,16-,17+,18+,19-,20+,22+,23+,24-;/m1./s1/i21+2;. The summed E-state index contributed by atoms with van der Waals surface area (Å²) in [7, 11) is 0. The van der Waals surface area contributed by atoms with E-state index in [1.54, 1.807) is 0 Å². The van der Waals surface area contributed by atoms with Gasteiger partial charge in [0.05, 0.1) is 18.3 Å². The van der Waals surface area contributed by atoms with E-state index in [1.165, 1.54) is 0 Å². The van der Waals surface area contributed by atoms with E-state index in [0.29, 0.717) is 18.3 Å². The number of carbonyl (C=O) groups is 1. The zero-order valence-corrected chi connectivity index (χ0v) is 21.2. The van der Waals surface area contributed by atoms with Gasteiger partial charge in [0.2, 0.25) is 0 Å². The molecule has 0 aromatic rings. The molecule has 0 saturated heterocycles. The average molecular weight is 433 g/mol. The van der Waals surface area contributed by atoms with E-state index in [4.69, 9.17) is 0 Å². The zero-order chi connectivity index (χ0) is 21.1. The first-order valence-electron chi connectivity index (χ1n) is 11.8. The van der Waals surface area contributed by atoms with Crippen molar-refractivity contribution in [2.75, 3.05) is 0 Å². The van der Waals surface area contributed by atoms with Crippen LogP contribution in [-0.2, 0) is 4.79 Å². The summed E-state index contributed by atoms with van der Waals surface area (Å²) in [5.41, 5.74) is -0.172. The topological polar surface area (TPSA) is 101 Å². The van der Waals surface area contributed by atoms with Gasteiger partial charge in [0, 0.05) is 5.97 Å². The molecule has 166 valence electrons. The number of carbonyl (C=O) groups excluding carboxylic acids is 1. The summed E-state index contributed by atoms with van der Waals surface area (Å²) in [4.78, 5) is 11.0. The number of aliphatic hydroxyl groups excluding tert-OH is 3. The molecule has 5 nitrogen and oxygen atoms in total. The number of aliphatic carboxylic acids is 1. The largest absolute Gasteiger partial charge is 1.00 e. The van der Waals surface area contributed by atoms with E-state index in [0.717, 1.165) is 44.9 Å². The smallest absolute Gasteiger partial charge is 0.550 e. The molecule has 4 rings (SSSR count).